The fourth-order valence-electron chi connectivity index (χ4n) is 4.73. The zero-order chi connectivity index (χ0) is 29.9. The molecule has 0 radical (unpaired) electrons. The molecule has 1 aliphatic rings. The molecule has 0 aliphatic carbocycles. The van der Waals surface area contributed by atoms with Crippen LogP contribution in [-0.4, -0.2) is 79.6 Å². The van der Waals surface area contributed by atoms with Crippen molar-refractivity contribution in [2.75, 3.05) is 45.9 Å². The van der Waals surface area contributed by atoms with Crippen LogP contribution in [0.5, 0.6) is 0 Å². The molecule has 1 fully saturated rings. The molecule has 0 bridgehead atoms. The number of amides is 3. The quantitative estimate of drug-likeness (QED) is 0.275. The van der Waals surface area contributed by atoms with Crippen LogP contribution in [0.1, 0.15) is 63.9 Å². The normalized spacial score (nSPS) is 16.2. The Balaban J connectivity index is 1.61. The van der Waals surface area contributed by atoms with Crippen molar-refractivity contribution >= 4 is 39.3 Å². The van der Waals surface area contributed by atoms with Gasteiger partial charge in [0.25, 0.3) is 0 Å². The fraction of sp³-hybridized carbons (Fsp3) is 0.613. The minimum absolute atomic E-state index is 0.0310. The van der Waals surface area contributed by atoms with E-state index in [9.17, 15) is 14.4 Å². The lowest BCUT2D eigenvalue weighted by molar-refractivity contribution is -0.129. The predicted molar refractivity (Wildman–Crippen MR) is 165 cm³/mol. The third kappa shape index (κ3) is 9.90. The van der Waals surface area contributed by atoms with E-state index in [2.05, 4.69) is 67.3 Å². The third-order valence-electron chi connectivity index (χ3n) is 7.83. The number of ether oxygens (including phenoxy) is 1. The maximum absolute atomic E-state index is 13.4. The molecule has 0 saturated carbocycles. The maximum Gasteiger partial charge on any atom is 0.247 e. The van der Waals surface area contributed by atoms with Gasteiger partial charge in [0.05, 0.1) is 28.4 Å². The number of rotatable bonds is 15. The van der Waals surface area contributed by atoms with Crippen molar-refractivity contribution in [3.63, 3.8) is 0 Å². The largest absolute Gasteiger partial charge is 0.379 e. The Kier molecular flexibility index (Phi) is 12.7. The van der Waals surface area contributed by atoms with Crippen molar-refractivity contribution in [3.8, 4) is 0 Å². The molecular formula is C31H47N5O4S. The van der Waals surface area contributed by atoms with E-state index < -0.39 is 6.04 Å². The number of thiazole rings is 1. The van der Waals surface area contributed by atoms with Crippen molar-refractivity contribution in [1.82, 2.24) is 25.8 Å². The monoisotopic (exact) mass is 585 g/mol. The number of hydrogen-bond acceptors (Lipinski definition) is 7. The average Bonchev–Trinajstić information content (AvgIpc) is 3.38. The zero-order valence-electron chi connectivity index (χ0n) is 25.3. The van der Waals surface area contributed by atoms with Gasteiger partial charge in [-0.25, -0.2) is 4.98 Å². The average molecular weight is 586 g/mol. The van der Waals surface area contributed by atoms with Crippen molar-refractivity contribution in [1.29, 1.82) is 0 Å². The summed E-state index contributed by atoms with van der Waals surface area (Å²) in [6, 6.07) is 5.53. The van der Waals surface area contributed by atoms with Crippen LogP contribution in [0.25, 0.3) is 10.2 Å². The van der Waals surface area contributed by atoms with Gasteiger partial charge in [0.15, 0.2) is 0 Å². The van der Waals surface area contributed by atoms with E-state index in [0.29, 0.717) is 50.8 Å². The van der Waals surface area contributed by atoms with Gasteiger partial charge in [-0.1, -0.05) is 53.7 Å². The first-order valence-corrected chi connectivity index (χ1v) is 15.6. The lowest BCUT2D eigenvalue weighted by Crippen LogP contribution is -2.50. The number of carbonyl (C=O) groups excluding carboxylic acids is 3. The van der Waals surface area contributed by atoms with Gasteiger partial charge in [0.1, 0.15) is 6.04 Å². The van der Waals surface area contributed by atoms with Crippen molar-refractivity contribution < 1.29 is 19.1 Å². The summed E-state index contributed by atoms with van der Waals surface area (Å²) >= 11 is 1.56. The highest BCUT2D eigenvalue weighted by molar-refractivity contribution is 7.18. The second-order valence-corrected chi connectivity index (χ2v) is 12.4. The number of nitrogens with one attached hydrogen (secondary N) is 3. The summed E-state index contributed by atoms with van der Waals surface area (Å²) in [4.78, 5) is 45.3. The number of hydrogen-bond donors (Lipinski definition) is 3. The molecule has 1 saturated heterocycles. The Bertz CT molecular complexity index is 1190. The zero-order valence-corrected chi connectivity index (χ0v) is 26.1. The summed E-state index contributed by atoms with van der Waals surface area (Å²) in [5.74, 6) is 0.122. The molecular weight excluding hydrogens is 538 g/mol. The number of benzene rings is 1. The second-order valence-electron chi connectivity index (χ2n) is 11.3. The fourth-order valence-corrected chi connectivity index (χ4v) is 5.79. The van der Waals surface area contributed by atoms with E-state index in [1.165, 1.54) is 5.56 Å². The van der Waals surface area contributed by atoms with Crippen LogP contribution < -0.4 is 16.0 Å². The van der Waals surface area contributed by atoms with Gasteiger partial charge in [-0.15, -0.1) is 11.3 Å². The molecule has 3 amide bonds. The van der Waals surface area contributed by atoms with E-state index in [0.717, 1.165) is 34.7 Å². The molecule has 3 rings (SSSR count). The molecule has 0 spiro atoms. The molecule has 41 heavy (non-hydrogen) atoms. The number of nitrogens with zero attached hydrogens (tertiary/aromatic N) is 2. The highest BCUT2D eigenvalue weighted by Crippen LogP contribution is 2.27. The van der Waals surface area contributed by atoms with Crippen molar-refractivity contribution in [2.24, 2.45) is 11.8 Å². The minimum atomic E-state index is -0.729. The first-order valence-electron chi connectivity index (χ1n) is 14.8. The Morgan fingerprint density at radius 3 is 2.46 bits per heavy atom. The molecule has 2 aromatic rings. The molecule has 3 N–H and O–H groups in total. The second kappa shape index (κ2) is 16.0. The van der Waals surface area contributed by atoms with E-state index in [1.807, 2.05) is 6.07 Å². The summed E-state index contributed by atoms with van der Waals surface area (Å²) < 4.78 is 6.45. The Morgan fingerprint density at radius 1 is 1.10 bits per heavy atom. The number of fused-ring (bicyclic) bond motifs is 1. The summed E-state index contributed by atoms with van der Waals surface area (Å²) in [7, 11) is 0. The molecule has 226 valence electrons. The molecule has 3 atom stereocenters. The standard InChI is InChI=1S/C31H47N5O4S/c1-7-21(5)24(17-32-30(38)22(6)19-36-11-13-40-14-12-36)18-33-31(39)26(34-28(37)8-2)16-29-35-25-10-9-23(20(3)4)15-27(25)41-29/h9-10,15,20-21,24,26H,6-8,11-14,16-19H2,1-5H3,(H,32,38)(H,33,39)(H,34,37)/t21-,24?,26-/m0/s1. The first kappa shape index (κ1) is 32.7. The molecule has 1 aromatic carbocycles. The molecule has 1 unspecified atom stereocenters. The summed E-state index contributed by atoms with van der Waals surface area (Å²) in [5, 5.41) is 9.76. The van der Waals surface area contributed by atoms with Gasteiger partial charge in [-0.05, 0) is 35.4 Å². The Labute approximate surface area is 248 Å². The van der Waals surface area contributed by atoms with Gasteiger partial charge in [0, 0.05) is 51.1 Å². The van der Waals surface area contributed by atoms with Crippen LogP contribution in [0, 0.1) is 11.8 Å². The highest BCUT2D eigenvalue weighted by Gasteiger charge is 2.25. The summed E-state index contributed by atoms with van der Waals surface area (Å²) in [5.41, 5.74) is 2.67. The van der Waals surface area contributed by atoms with E-state index in [-0.39, 0.29) is 36.0 Å². The first-order chi connectivity index (χ1) is 19.6. The molecule has 1 aliphatic heterocycles. The lowest BCUT2D eigenvalue weighted by atomic mass is 9.91. The highest BCUT2D eigenvalue weighted by atomic mass is 32.1. The maximum atomic E-state index is 13.4. The molecule has 2 heterocycles. The summed E-state index contributed by atoms with van der Waals surface area (Å²) in [6.07, 6.45) is 1.52. The lowest BCUT2D eigenvalue weighted by Gasteiger charge is -2.28. The Hall–Kier alpha value is -2.82. The van der Waals surface area contributed by atoms with Crippen LogP contribution in [0.4, 0.5) is 0 Å². The number of carbonyl (C=O) groups is 3. The van der Waals surface area contributed by atoms with Gasteiger partial charge >= 0.3 is 0 Å². The SMILES string of the molecule is C=C(CN1CCOCC1)C(=O)NCC(CNC(=O)[C@H](Cc1nc2ccc(C(C)C)cc2s1)NC(=O)CC)[C@@H](C)CC. The van der Waals surface area contributed by atoms with Crippen LogP contribution in [-0.2, 0) is 25.5 Å². The third-order valence-corrected chi connectivity index (χ3v) is 8.87. The topological polar surface area (TPSA) is 113 Å². The predicted octanol–water partition coefficient (Wildman–Crippen LogP) is 3.64. The van der Waals surface area contributed by atoms with Gasteiger partial charge in [-0.2, -0.15) is 0 Å². The summed E-state index contributed by atoms with van der Waals surface area (Å²) in [6.45, 7) is 18.5. The number of morpholine rings is 1. The van der Waals surface area contributed by atoms with Crippen LogP contribution in [0.2, 0.25) is 0 Å². The van der Waals surface area contributed by atoms with Crippen molar-refractivity contribution in [3.05, 3.63) is 40.9 Å². The van der Waals surface area contributed by atoms with Crippen LogP contribution in [0.15, 0.2) is 30.4 Å². The Morgan fingerprint density at radius 2 is 1.80 bits per heavy atom. The van der Waals surface area contributed by atoms with Crippen LogP contribution in [0.3, 0.4) is 0 Å². The van der Waals surface area contributed by atoms with E-state index >= 15 is 0 Å². The smallest absolute Gasteiger partial charge is 0.247 e. The minimum Gasteiger partial charge on any atom is -0.379 e. The van der Waals surface area contributed by atoms with E-state index in [1.54, 1.807) is 18.3 Å². The number of aromatic nitrogens is 1. The van der Waals surface area contributed by atoms with Gasteiger partial charge in [-0.3, -0.25) is 19.3 Å². The molecule has 10 heteroatoms. The molecule has 9 nitrogen and oxygen atoms in total. The van der Waals surface area contributed by atoms with Crippen LogP contribution >= 0.6 is 11.3 Å². The van der Waals surface area contributed by atoms with Gasteiger partial charge < -0.3 is 20.7 Å². The van der Waals surface area contributed by atoms with Gasteiger partial charge in [0.2, 0.25) is 17.7 Å². The van der Waals surface area contributed by atoms with E-state index in [4.69, 9.17) is 9.72 Å². The van der Waals surface area contributed by atoms with Crippen molar-refractivity contribution in [2.45, 2.75) is 65.8 Å². The molecule has 1 aromatic heterocycles.